The van der Waals surface area contributed by atoms with Gasteiger partial charge in [0, 0.05) is 35.0 Å². The van der Waals surface area contributed by atoms with Crippen molar-refractivity contribution in [1.82, 2.24) is 29.6 Å². The highest BCUT2D eigenvalue weighted by molar-refractivity contribution is 8.00. The van der Waals surface area contributed by atoms with Crippen LogP contribution in [0.4, 0.5) is 5.13 Å². The number of oxazole rings is 1. The zero-order chi connectivity index (χ0) is 35.5. The van der Waals surface area contributed by atoms with Crippen molar-refractivity contribution in [2.45, 2.75) is 24.4 Å². The maximum atomic E-state index is 13.2. The number of pyridine rings is 1. The van der Waals surface area contributed by atoms with Crippen molar-refractivity contribution in [1.29, 1.82) is 0 Å². The number of carbonyl (C=O) groups is 4. The minimum atomic E-state index is -1.51. The number of thioether (sulfide) groups is 1. The number of carboxylic acids is 1. The molecule has 0 aliphatic carbocycles. The van der Waals surface area contributed by atoms with Gasteiger partial charge in [0.1, 0.15) is 24.3 Å². The molecule has 0 saturated carbocycles. The Balaban J connectivity index is 1.12. The summed E-state index contributed by atoms with van der Waals surface area (Å²) in [5.74, 6) is -3.66. The van der Waals surface area contributed by atoms with Crippen LogP contribution in [-0.4, -0.2) is 79.6 Å². The van der Waals surface area contributed by atoms with Crippen LogP contribution in [0.3, 0.4) is 0 Å². The van der Waals surface area contributed by atoms with E-state index in [1.54, 1.807) is 29.1 Å². The normalized spacial score (nSPS) is 17.2. The molecule has 0 spiro atoms. The fourth-order valence-corrected chi connectivity index (χ4v) is 7.12. The third-order valence-corrected chi connectivity index (χ3v) is 9.44. The Morgan fingerprint density at radius 3 is 2.50 bits per heavy atom. The van der Waals surface area contributed by atoms with E-state index in [1.807, 2.05) is 24.3 Å². The van der Waals surface area contributed by atoms with Gasteiger partial charge in [-0.3, -0.25) is 24.1 Å². The minimum absolute atomic E-state index is 0.0727. The number of anilines is 1. The monoisotopic (exact) mass is 721 g/mol. The lowest BCUT2D eigenvalue weighted by atomic mass is 10.0. The lowest BCUT2D eigenvalue weighted by molar-refractivity contribution is -0.689. The Labute approximate surface area is 290 Å². The zero-order valence-corrected chi connectivity index (χ0v) is 27.9. The van der Waals surface area contributed by atoms with Gasteiger partial charge in [0.25, 0.3) is 17.7 Å². The van der Waals surface area contributed by atoms with Crippen molar-refractivity contribution < 1.29 is 42.9 Å². The van der Waals surface area contributed by atoms with E-state index in [0.717, 1.165) is 27.6 Å². The largest absolute Gasteiger partial charge is 0.543 e. The molecule has 0 bridgehead atoms. The lowest BCUT2D eigenvalue weighted by Crippen LogP contribution is -2.71. The third-order valence-electron chi connectivity index (χ3n) is 7.56. The molecule has 6 rings (SSSR count). The average molecular weight is 722 g/mol. The SMILES string of the molecule is CO/N=C(\C(=O)N[C@@H]1C(=O)N2C(C(=O)[O-])=C(C[n+]3ccc(-c4ccc(-n5cc(CC(=O)NOC)oc5=O)cc4)cc3)CS[C@@H]12)c1nsc(N)n1. The highest BCUT2D eigenvalue weighted by Gasteiger charge is 2.53. The van der Waals surface area contributed by atoms with Crippen molar-refractivity contribution in [3.8, 4) is 16.8 Å². The van der Waals surface area contributed by atoms with E-state index < -0.39 is 40.9 Å². The van der Waals surface area contributed by atoms with Gasteiger partial charge in [-0.15, -0.1) is 11.8 Å². The van der Waals surface area contributed by atoms with Crippen LogP contribution in [0, 0.1) is 0 Å². The second-order valence-corrected chi connectivity index (χ2v) is 12.6. The summed E-state index contributed by atoms with van der Waals surface area (Å²) in [5.41, 5.74) is 9.93. The molecule has 5 heterocycles. The second kappa shape index (κ2) is 14.3. The van der Waals surface area contributed by atoms with Gasteiger partial charge in [-0.1, -0.05) is 17.3 Å². The van der Waals surface area contributed by atoms with E-state index in [4.69, 9.17) is 15.0 Å². The number of aliphatic carboxylic acids is 1. The van der Waals surface area contributed by atoms with Gasteiger partial charge in [0.15, 0.2) is 24.1 Å². The van der Waals surface area contributed by atoms with Crippen molar-refractivity contribution in [3.63, 3.8) is 0 Å². The van der Waals surface area contributed by atoms with Crippen LogP contribution < -0.4 is 32.0 Å². The molecule has 0 unspecified atom stereocenters. The summed E-state index contributed by atoms with van der Waals surface area (Å²) in [6.07, 6.45) is 4.82. The van der Waals surface area contributed by atoms with E-state index in [1.165, 1.54) is 36.7 Å². The minimum Gasteiger partial charge on any atom is -0.543 e. The van der Waals surface area contributed by atoms with Gasteiger partial charge >= 0.3 is 5.76 Å². The molecule has 1 saturated heterocycles. The van der Waals surface area contributed by atoms with Crippen molar-refractivity contribution in [3.05, 3.63) is 88.4 Å². The maximum Gasteiger partial charge on any atom is 0.423 e. The summed E-state index contributed by atoms with van der Waals surface area (Å²) >= 11 is 2.15. The molecule has 3 aromatic heterocycles. The first-order valence-electron chi connectivity index (χ1n) is 14.6. The summed E-state index contributed by atoms with van der Waals surface area (Å²) < 4.78 is 12.2. The number of fused-ring (bicyclic) bond motifs is 1. The molecular weight excluding hydrogens is 695 g/mol. The Morgan fingerprint density at radius 2 is 1.86 bits per heavy atom. The first-order valence-corrected chi connectivity index (χ1v) is 16.4. The van der Waals surface area contributed by atoms with Gasteiger partial charge in [-0.25, -0.2) is 19.4 Å². The predicted molar refractivity (Wildman–Crippen MR) is 174 cm³/mol. The quantitative estimate of drug-likeness (QED) is 0.0654. The van der Waals surface area contributed by atoms with E-state index in [2.05, 4.69) is 30.1 Å². The number of hydroxylamine groups is 1. The van der Waals surface area contributed by atoms with E-state index in [-0.39, 0.29) is 46.8 Å². The van der Waals surface area contributed by atoms with Crippen LogP contribution >= 0.6 is 23.3 Å². The fourth-order valence-electron chi connectivity index (χ4n) is 5.35. The highest BCUT2D eigenvalue weighted by Crippen LogP contribution is 2.40. The number of hydrogen-bond donors (Lipinski definition) is 3. The fraction of sp³-hybridized carbons (Fsp3) is 0.233. The summed E-state index contributed by atoms with van der Waals surface area (Å²) in [6.45, 7) is 0.165. The number of β-lactam (4-membered cyclic amide) rings is 1. The molecule has 50 heavy (non-hydrogen) atoms. The Hall–Kier alpha value is -5.86. The molecule has 4 aromatic rings. The van der Waals surface area contributed by atoms with Crippen LogP contribution in [-0.2, 0) is 41.8 Å². The third kappa shape index (κ3) is 6.84. The van der Waals surface area contributed by atoms with Crippen molar-refractivity contribution in [2.75, 3.05) is 25.7 Å². The number of rotatable bonds is 12. The lowest BCUT2D eigenvalue weighted by Gasteiger charge is -2.50. The molecular formula is C30H27N9O9S2. The second-order valence-electron chi connectivity index (χ2n) is 10.7. The van der Waals surface area contributed by atoms with Crippen LogP contribution in [0.1, 0.15) is 11.6 Å². The molecule has 3 amide bonds. The summed E-state index contributed by atoms with van der Waals surface area (Å²) in [7, 11) is 2.54. The van der Waals surface area contributed by atoms with Crippen LogP contribution in [0.2, 0.25) is 0 Å². The van der Waals surface area contributed by atoms with Crippen molar-refractivity contribution >= 4 is 57.8 Å². The zero-order valence-electron chi connectivity index (χ0n) is 26.2. The maximum absolute atomic E-state index is 13.2. The molecule has 0 radical (unpaired) electrons. The van der Waals surface area contributed by atoms with Crippen molar-refractivity contribution in [2.24, 2.45) is 5.16 Å². The number of carboxylic acid groups (broad SMARTS) is 1. The molecule has 2 atom stereocenters. The smallest absolute Gasteiger partial charge is 0.423 e. The Kier molecular flexibility index (Phi) is 9.74. The molecule has 4 N–H and O–H groups in total. The number of nitrogens with one attached hydrogen (secondary N) is 2. The molecule has 20 heteroatoms. The summed E-state index contributed by atoms with van der Waals surface area (Å²) in [5, 5.41) is 17.9. The summed E-state index contributed by atoms with van der Waals surface area (Å²) in [4.78, 5) is 76.9. The van der Waals surface area contributed by atoms with Crippen LogP contribution in [0.5, 0.6) is 0 Å². The number of aromatic nitrogens is 4. The molecule has 18 nitrogen and oxygen atoms in total. The standard InChI is InChI=1S/C30H27N9O9S2/c1-46-34-20(40)11-19-13-38(30(45)48-19)18-5-3-15(4-6-18)16-7-9-37(10-8-16)12-17-14-49-27-22(26(42)39(27)23(17)28(43)44)32-25(41)21(35-47-2)24-33-29(31)50-36-24/h3-10,13,22,27H,11-12,14H2,1-2H3,(H4-,31,32,33,34,36,40,41,43,44)/b35-21-/t22-,27+/m1/s1. The number of nitrogens with two attached hydrogens (primary N) is 1. The Bertz CT molecular complexity index is 2090. The molecule has 2 aliphatic heterocycles. The number of oxime groups is 1. The van der Waals surface area contributed by atoms with Crippen LogP contribution in [0.25, 0.3) is 16.8 Å². The number of carbonyl (C=O) groups excluding carboxylic acids is 4. The van der Waals surface area contributed by atoms with Gasteiger partial charge in [0.2, 0.25) is 11.5 Å². The number of amides is 3. The number of hydrogen-bond acceptors (Lipinski definition) is 15. The number of nitrogens with zero attached hydrogens (tertiary/aromatic N) is 6. The summed E-state index contributed by atoms with van der Waals surface area (Å²) in [6, 6.07) is 9.75. The highest BCUT2D eigenvalue weighted by atomic mass is 32.2. The molecule has 2 aliphatic rings. The molecule has 1 aromatic carbocycles. The van der Waals surface area contributed by atoms with Crippen LogP contribution in [0.15, 0.2) is 80.6 Å². The van der Waals surface area contributed by atoms with Gasteiger partial charge in [-0.2, -0.15) is 9.36 Å². The number of benzene rings is 1. The first kappa shape index (κ1) is 34.0. The van der Waals surface area contributed by atoms with E-state index >= 15 is 0 Å². The predicted octanol–water partition coefficient (Wildman–Crippen LogP) is -1.51. The van der Waals surface area contributed by atoms with Gasteiger partial charge in [-0.05, 0) is 23.3 Å². The first-order chi connectivity index (χ1) is 24.1. The average Bonchev–Trinajstić information content (AvgIpc) is 3.70. The van der Waals surface area contributed by atoms with E-state index in [9.17, 15) is 29.1 Å². The van der Waals surface area contributed by atoms with Gasteiger partial charge < -0.3 is 30.2 Å². The Morgan fingerprint density at radius 1 is 1.14 bits per heavy atom. The molecule has 258 valence electrons. The van der Waals surface area contributed by atoms with E-state index in [0.29, 0.717) is 11.3 Å². The van der Waals surface area contributed by atoms with Gasteiger partial charge in [0.05, 0.1) is 37.1 Å². The topological polar surface area (TPSA) is 240 Å². The molecule has 1 fully saturated rings. The number of nitrogen functional groups attached to an aromatic ring is 1.